The van der Waals surface area contributed by atoms with Gasteiger partial charge in [0.1, 0.15) is 6.09 Å². The highest BCUT2D eigenvalue weighted by Gasteiger charge is 2.00. The molecule has 0 bridgehead atoms. The predicted molar refractivity (Wildman–Crippen MR) is 91.0 cm³/mol. The summed E-state index contributed by atoms with van der Waals surface area (Å²) in [6, 6.07) is 0. The third-order valence-electron chi connectivity index (χ3n) is 3.22. The molecular weight excluding hydrogens is 280 g/mol. The second-order valence-electron chi connectivity index (χ2n) is 5.84. The number of nitrogens with two attached hydrogens (primary N) is 1. The van der Waals surface area contributed by atoms with Crippen LogP contribution in [0.5, 0.6) is 0 Å². The molecule has 0 aliphatic heterocycles. The van der Waals surface area contributed by atoms with E-state index in [1.807, 2.05) is 37.7 Å². The molecule has 0 atom stereocenters. The Morgan fingerprint density at radius 2 is 1.50 bits per heavy atom. The number of amides is 1. The number of nitrogens with one attached hydrogen (secondary N) is 1. The van der Waals surface area contributed by atoms with Crippen molar-refractivity contribution in [1.82, 2.24) is 10.2 Å². The fourth-order valence-electron chi connectivity index (χ4n) is 1.85. The molecule has 0 aliphatic rings. The van der Waals surface area contributed by atoms with Gasteiger partial charge in [-0.1, -0.05) is 51.9 Å². The molecule has 0 aromatic carbocycles. The summed E-state index contributed by atoms with van der Waals surface area (Å²) in [5, 5.41) is 12.2. The van der Waals surface area contributed by atoms with E-state index in [2.05, 4.69) is 12.2 Å². The standard InChI is InChI=1S/C11H23NO2.C5H13N3/c1-2-3-4-5-6-7-8-9-10-12-11(13)14;1-7(2)5(6)8(3)4/h12H,2-10H2,1H3,(H,13,14);6H,1-4H3. The van der Waals surface area contributed by atoms with Crippen LogP contribution in [0, 0.1) is 0 Å². The Labute approximate surface area is 136 Å². The van der Waals surface area contributed by atoms with Crippen molar-refractivity contribution in [3.8, 4) is 0 Å². The maximum Gasteiger partial charge on any atom is 0.344 e. The lowest BCUT2D eigenvalue weighted by Gasteiger charge is -2.05. The quantitative estimate of drug-likeness (QED) is 0.290. The first kappa shape index (κ1) is 22.8. The lowest BCUT2D eigenvalue weighted by atomic mass is 10.1. The molecule has 0 fully saturated rings. The van der Waals surface area contributed by atoms with Crippen molar-refractivity contribution < 1.29 is 14.5 Å². The van der Waals surface area contributed by atoms with Crippen LogP contribution in [0.15, 0.2) is 0 Å². The van der Waals surface area contributed by atoms with Crippen LogP contribution in [0.2, 0.25) is 0 Å². The van der Waals surface area contributed by atoms with Crippen LogP contribution in [0.3, 0.4) is 0 Å². The van der Waals surface area contributed by atoms with Crippen molar-refractivity contribution in [1.29, 1.82) is 0 Å². The number of rotatable bonds is 9. The molecule has 0 unspecified atom stereocenters. The van der Waals surface area contributed by atoms with Crippen LogP contribution in [0.25, 0.3) is 0 Å². The minimum absolute atomic E-state index is 0.539. The summed E-state index contributed by atoms with van der Waals surface area (Å²) in [6.07, 6.45) is 8.68. The van der Waals surface area contributed by atoms with E-state index in [9.17, 15) is 9.90 Å². The minimum Gasteiger partial charge on any atom is -0.530 e. The average molecular weight is 316 g/mol. The molecule has 0 aromatic rings. The number of carboxylic acid groups (broad SMARTS) is 1. The highest BCUT2D eigenvalue weighted by molar-refractivity contribution is 5.72. The molecule has 0 spiro atoms. The van der Waals surface area contributed by atoms with Crippen LogP contribution < -0.4 is 16.2 Å². The second-order valence-corrected chi connectivity index (χ2v) is 5.84. The van der Waals surface area contributed by atoms with Gasteiger partial charge in [-0.05, 0) is 6.42 Å². The number of carbonyl (C=O) groups is 1. The molecule has 1 amide bonds. The van der Waals surface area contributed by atoms with Gasteiger partial charge >= 0.3 is 5.96 Å². The fourth-order valence-corrected chi connectivity index (χ4v) is 1.85. The van der Waals surface area contributed by atoms with Gasteiger partial charge in [0, 0.05) is 6.54 Å². The molecule has 0 rings (SSSR count). The fraction of sp³-hybridized carbons (Fsp3) is 0.875. The maximum absolute atomic E-state index is 9.98. The number of guanidine groups is 1. The van der Waals surface area contributed by atoms with E-state index in [0.29, 0.717) is 6.54 Å². The summed E-state index contributed by atoms with van der Waals surface area (Å²) in [6.45, 7) is 2.75. The van der Waals surface area contributed by atoms with E-state index in [1.165, 1.54) is 38.5 Å². The highest BCUT2D eigenvalue weighted by Crippen LogP contribution is 2.07. The van der Waals surface area contributed by atoms with Gasteiger partial charge in [-0.2, -0.15) is 0 Å². The van der Waals surface area contributed by atoms with Crippen molar-refractivity contribution in [2.24, 2.45) is 5.73 Å². The molecule has 0 aromatic heterocycles. The van der Waals surface area contributed by atoms with Crippen molar-refractivity contribution in [3.63, 3.8) is 0 Å². The molecule has 22 heavy (non-hydrogen) atoms. The Kier molecular flexibility index (Phi) is 16.5. The van der Waals surface area contributed by atoms with Gasteiger partial charge in [0.2, 0.25) is 0 Å². The number of hydrogen-bond acceptors (Lipinski definition) is 2. The first-order valence-corrected chi connectivity index (χ1v) is 8.24. The Morgan fingerprint density at radius 3 is 1.82 bits per heavy atom. The van der Waals surface area contributed by atoms with Gasteiger partial charge in [-0.15, -0.1) is 0 Å². The molecule has 132 valence electrons. The highest BCUT2D eigenvalue weighted by atomic mass is 16.4. The summed E-state index contributed by atoms with van der Waals surface area (Å²) < 4.78 is 1.86. The smallest absolute Gasteiger partial charge is 0.344 e. The number of hydrogen-bond donors (Lipinski definition) is 2. The third kappa shape index (κ3) is 18.5. The van der Waals surface area contributed by atoms with Gasteiger partial charge in [0.25, 0.3) is 0 Å². The zero-order valence-corrected chi connectivity index (χ0v) is 15.2. The van der Waals surface area contributed by atoms with Crippen LogP contribution in [-0.2, 0) is 0 Å². The van der Waals surface area contributed by atoms with Crippen LogP contribution in [0.1, 0.15) is 58.3 Å². The van der Waals surface area contributed by atoms with Crippen molar-refractivity contribution in [2.75, 3.05) is 34.7 Å². The van der Waals surface area contributed by atoms with E-state index < -0.39 is 6.09 Å². The maximum atomic E-state index is 9.98. The third-order valence-corrected chi connectivity index (χ3v) is 3.22. The normalized spacial score (nSPS) is 9.50. The van der Waals surface area contributed by atoms with Gasteiger partial charge < -0.3 is 15.2 Å². The molecule has 6 heteroatoms. The zero-order valence-electron chi connectivity index (χ0n) is 15.2. The summed E-state index contributed by atoms with van der Waals surface area (Å²) in [5.74, 6) is 0.769. The first-order chi connectivity index (χ1) is 10.3. The van der Waals surface area contributed by atoms with Gasteiger partial charge in [-0.25, -0.2) is 0 Å². The van der Waals surface area contributed by atoms with E-state index in [4.69, 9.17) is 5.73 Å². The molecule has 6 nitrogen and oxygen atoms in total. The Balaban J connectivity index is 0. The van der Waals surface area contributed by atoms with E-state index in [-0.39, 0.29) is 0 Å². The molecule has 0 saturated carbocycles. The summed E-state index contributed by atoms with van der Waals surface area (Å²) >= 11 is 0. The number of nitrogens with zero attached hydrogens (tertiary/aromatic N) is 2. The topological polar surface area (TPSA) is 84.4 Å². The van der Waals surface area contributed by atoms with Crippen LogP contribution in [0.4, 0.5) is 4.79 Å². The molecule has 0 aliphatic carbocycles. The molecule has 0 heterocycles. The van der Waals surface area contributed by atoms with Crippen molar-refractivity contribution >= 4 is 12.1 Å². The van der Waals surface area contributed by atoms with Crippen molar-refractivity contribution in [3.05, 3.63) is 0 Å². The second kappa shape index (κ2) is 15.9. The minimum atomic E-state index is -1.16. The Hall–Kier alpha value is -1.46. The summed E-state index contributed by atoms with van der Waals surface area (Å²) in [7, 11) is 7.65. The van der Waals surface area contributed by atoms with Crippen molar-refractivity contribution in [2.45, 2.75) is 58.3 Å². The Bertz CT molecular complexity index is 301. The van der Waals surface area contributed by atoms with E-state index in [0.717, 1.165) is 18.8 Å². The van der Waals surface area contributed by atoms with Crippen LogP contribution in [-0.4, -0.2) is 56.3 Å². The van der Waals surface area contributed by atoms with Gasteiger partial charge in [-0.3, -0.25) is 15.2 Å². The zero-order chi connectivity index (χ0) is 17.4. The van der Waals surface area contributed by atoms with Crippen LogP contribution >= 0.6 is 0 Å². The SMILES string of the molecule is CCCCCCCCCCNC(=O)[O-].CN(C)C(N)=[N+](C)C. The van der Waals surface area contributed by atoms with Gasteiger partial charge in [0.05, 0.1) is 28.2 Å². The predicted octanol–water partition coefficient (Wildman–Crippen LogP) is 1.19. The molecule has 0 saturated heterocycles. The number of unbranched alkanes of at least 4 members (excludes halogenated alkanes) is 7. The number of carbonyl (C=O) groups excluding carboxylic acids is 1. The largest absolute Gasteiger partial charge is 0.530 e. The monoisotopic (exact) mass is 316 g/mol. The first-order valence-electron chi connectivity index (χ1n) is 8.24. The Morgan fingerprint density at radius 1 is 1.05 bits per heavy atom. The summed E-state index contributed by atoms with van der Waals surface area (Å²) in [4.78, 5) is 11.8. The lowest BCUT2D eigenvalue weighted by molar-refractivity contribution is -0.470. The summed E-state index contributed by atoms with van der Waals surface area (Å²) in [5.41, 5.74) is 5.53. The molecule has 3 N–H and O–H groups in total. The molecule has 0 radical (unpaired) electrons. The van der Waals surface area contributed by atoms with E-state index in [1.54, 1.807) is 0 Å². The van der Waals surface area contributed by atoms with E-state index >= 15 is 0 Å². The molecular formula is C16H36N4O2. The van der Waals surface area contributed by atoms with Gasteiger partial charge in [0.15, 0.2) is 0 Å². The lowest BCUT2D eigenvalue weighted by Crippen LogP contribution is -2.36. The average Bonchev–Trinajstić information content (AvgIpc) is 2.44.